The third kappa shape index (κ3) is 2.65. The highest BCUT2D eigenvalue weighted by atomic mass is 79.9. The van der Waals surface area contributed by atoms with E-state index in [1.54, 1.807) is 0 Å². The lowest BCUT2D eigenvalue weighted by Crippen LogP contribution is -2.15. The van der Waals surface area contributed by atoms with Crippen molar-refractivity contribution < 1.29 is 0 Å². The van der Waals surface area contributed by atoms with E-state index in [0.29, 0.717) is 0 Å². The topological polar surface area (TPSA) is 29.9 Å². The highest BCUT2D eigenvalue weighted by Crippen LogP contribution is 2.22. The van der Waals surface area contributed by atoms with E-state index < -0.39 is 0 Å². The van der Waals surface area contributed by atoms with E-state index in [0.717, 1.165) is 28.4 Å². The first kappa shape index (κ1) is 11.9. The molecule has 0 radical (unpaired) electrons. The first-order valence-corrected chi connectivity index (χ1v) is 7.06. The molecule has 1 aromatic carbocycles. The molecule has 4 heteroatoms. The number of benzene rings is 1. The molecule has 1 N–H and O–H groups in total. The fourth-order valence-corrected chi connectivity index (χ4v) is 2.35. The second-order valence-corrected chi connectivity index (χ2v) is 5.72. The van der Waals surface area contributed by atoms with Gasteiger partial charge in [0.15, 0.2) is 0 Å². The smallest absolute Gasteiger partial charge is 0.0790 e. The minimum Gasteiger partial charge on any atom is -0.308 e. The van der Waals surface area contributed by atoms with Crippen molar-refractivity contribution in [2.75, 3.05) is 0 Å². The SMILES string of the molecule is Cc1ccc(Br)c(-n2ccc(CNC3CC3)n2)c1. The van der Waals surface area contributed by atoms with Crippen LogP contribution in [0.4, 0.5) is 0 Å². The number of hydrogen-bond donors (Lipinski definition) is 1. The maximum Gasteiger partial charge on any atom is 0.0790 e. The van der Waals surface area contributed by atoms with Crippen molar-refractivity contribution in [2.45, 2.75) is 32.4 Å². The van der Waals surface area contributed by atoms with Gasteiger partial charge in [-0.25, -0.2) is 4.68 Å². The van der Waals surface area contributed by atoms with Crippen LogP contribution >= 0.6 is 15.9 Å². The van der Waals surface area contributed by atoms with Gasteiger partial charge in [-0.15, -0.1) is 0 Å². The number of hydrogen-bond acceptors (Lipinski definition) is 2. The minimum atomic E-state index is 0.723. The number of aryl methyl sites for hydroxylation is 1. The largest absolute Gasteiger partial charge is 0.308 e. The summed E-state index contributed by atoms with van der Waals surface area (Å²) in [7, 11) is 0. The summed E-state index contributed by atoms with van der Waals surface area (Å²) in [4.78, 5) is 0. The van der Waals surface area contributed by atoms with Crippen molar-refractivity contribution in [1.29, 1.82) is 0 Å². The molecule has 3 rings (SSSR count). The Balaban J connectivity index is 1.80. The van der Waals surface area contributed by atoms with Gasteiger partial charge in [-0.05, 0) is 59.5 Å². The number of aromatic nitrogens is 2. The molecule has 0 saturated heterocycles. The Bertz CT molecular complexity index is 558. The van der Waals surface area contributed by atoms with Crippen LogP contribution in [0.5, 0.6) is 0 Å². The van der Waals surface area contributed by atoms with Gasteiger partial charge in [0.05, 0.1) is 11.4 Å². The molecule has 0 aliphatic heterocycles. The molecule has 2 aromatic rings. The molecular formula is C14H16BrN3. The quantitative estimate of drug-likeness (QED) is 0.940. The van der Waals surface area contributed by atoms with Crippen LogP contribution in [-0.2, 0) is 6.54 Å². The van der Waals surface area contributed by atoms with Crippen molar-refractivity contribution >= 4 is 15.9 Å². The summed E-state index contributed by atoms with van der Waals surface area (Å²) in [6.07, 6.45) is 4.64. The molecule has 1 aliphatic carbocycles. The van der Waals surface area contributed by atoms with Crippen LogP contribution in [0, 0.1) is 6.92 Å². The second kappa shape index (κ2) is 4.86. The minimum absolute atomic E-state index is 0.723. The molecule has 0 spiro atoms. The molecule has 0 bridgehead atoms. The van der Waals surface area contributed by atoms with E-state index in [-0.39, 0.29) is 0 Å². The predicted molar refractivity (Wildman–Crippen MR) is 75.9 cm³/mol. The second-order valence-electron chi connectivity index (χ2n) is 4.86. The van der Waals surface area contributed by atoms with E-state index in [1.807, 2.05) is 10.9 Å². The summed E-state index contributed by atoms with van der Waals surface area (Å²) < 4.78 is 3.00. The van der Waals surface area contributed by atoms with Crippen molar-refractivity contribution in [3.05, 3.63) is 46.2 Å². The van der Waals surface area contributed by atoms with Gasteiger partial charge in [0.1, 0.15) is 0 Å². The molecule has 1 aromatic heterocycles. The maximum atomic E-state index is 4.61. The number of nitrogens with one attached hydrogen (secondary N) is 1. The zero-order valence-electron chi connectivity index (χ0n) is 10.4. The summed E-state index contributed by atoms with van der Waals surface area (Å²) in [5.41, 5.74) is 3.42. The molecule has 1 fully saturated rings. The summed E-state index contributed by atoms with van der Waals surface area (Å²) in [6.45, 7) is 2.95. The predicted octanol–water partition coefficient (Wildman–Crippen LogP) is 3.20. The van der Waals surface area contributed by atoms with Crippen LogP contribution in [0.15, 0.2) is 34.9 Å². The third-order valence-electron chi connectivity index (χ3n) is 3.14. The lowest BCUT2D eigenvalue weighted by molar-refractivity contribution is 0.664. The molecule has 1 aliphatic rings. The standard InChI is InChI=1S/C14H16BrN3/c1-10-2-5-13(15)14(8-10)18-7-6-12(17-18)9-16-11-3-4-11/h2,5-8,11,16H,3-4,9H2,1H3. The zero-order valence-corrected chi connectivity index (χ0v) is 11.9. The summed E-state index contributed by atoms with van der Waals surface area (Å²) in [6, 6.07) is 9.08. The van der Waals surface area contributed by atoms with Crippen LogP contribution in [0.3, 0.4) is 0 Å². The first-order chi connectivity index (χ1) is 8.72. The molecule has 94 valence electrons. The highest BCUT2D eigenvalue weighted by Gasteiger charge is 2.20. The van der Waals surface area contributed by atoms with Gasteiger partial charge in [0.25, 0.3) is 0 Å². The lowest BCUT2D eigenvalue weighted by atomic mass is 10.2. The van der Waals surface area contributed by atoms with Gasteiger partial charge < -0.3 is 5.32 Å². The van der Waals surface area contributed by atoms with Gasteiger partial charge >= 0.3 is 0 Å². The van der Waals surface area contributed by atoms with E-state index >= 15 is 0 Å². The van der Waals surface area contributed by atoms with Crippen molar-refractivity contribution in [3.63, 3.8) is 0 Å². The Morgan fingerprint density at radius 1 is 1.39 bits per heavy atom. The van der Waals surface area contributed by atoms with Crippen LogP contribution in [0.1, 0.15) is 24.1 Å². The average Bonchev–Trinajstić information content (AvgIpc) is 3.08. The van der Waals surface area contributed by atoms with Crippen molar-refractivity contribution in [3.8, 4) is 5.69 Å². The molecule has 18 heavy (non-hydrogen) atoms. The Morgan fingerprint density at radius 2 is 2.22 bits per heavy atom. The molecule has 3 nitrogen and oxygen atoms in total. The third-order valence-corrected chi connectivity index (χ3v) is 3.81. The number of nitrogens with zero attached hydrogens (tertiary/aromatic N) is 2. The van der Waals surface area contributed by atoms with Crippen LogP contribution < -0.4 is 5.32 Å². The zero-order chi connectivity index (χ0) is 12.5. The maximum absolute atomic E-state index is 4.61. The van der Waals surface area contributed by atoms with E-state index in [1.165, 1.54) is 18.4 Å². The number of halogens is 1. The average molecular weight is 306 g/mol. The Kier molecular flexibility index (Phi) is 3.22. The summed E-state index contributed by atoms with van der Waals surface area (Å²) in [5.74, 6) is 0. The van der Waals surface area contributed by atoms with Crippen molar-refractivity contribution in [2.24, 2.45) is 0 Å². The van der Waals surface area contributed by atoms with Gasteiger partial charge in [-0.2, -0.15) is 5.10 Å². The fraction of sp³-hybridized carbons (Fsp3) is 0.357. The Hall–Kier alpha value is -1.13. The van der Waals surface area contributed by atoms with E-state index in [4.69, 9.17) is 0 Å². The van der Waals surface area contributed by atoms with Crippen molar-refractivity contribution in [1.82, 2.24) is 15.1 Å². The normalized spacial score (nSPS) is 15.0. The summed E-state index contributed by atoms with van der Waals surface area (Å²) >= 11 is 3.57. The van der Waals surface area contributed by atoms with Crippen LogP contribution in [0.25, 0.3) is 5.69 Å². The fourth-order valence-electron chi connectivity index (χ4n) is 1.92. The van der Waals surface area contributed by atoms with Crippen LogP contribution in [0.2, 0.25) is 0 Å². The Labute approximate surface area is 115 Å². The van der Waals surface area contributed by atoms with E-state index in [2.05, 4.69) is 57.5 Å². The molecule has 1 heterocycles. The van der Waals surface area contributed by atoms with Crippen LogP contribution in [-0.4, -0.2) is 15.8 Å². The molecule has 0 atom stereocenters. The Morgan fingerprint density at radius 3 is 3.00 bits per heavy atom. The lowest BCUT2D eigenvalue weighted by Gasteiger charge is -2.05. The molecule has 0 amide bonds. The monoisotopic (exact) mass is 305 g/mol. The van der Waals surface area contributed by atoms with Gasteiger partial charge in [0.2, 0.25) is 0 Å². The summed E-state index contributed by atoms with van der Waals surface area (Å²) in [5, 5.41) is 8.08. The van der Waals surface area contributed by atoms with E-state index in [9.17, 15) is 0 Å². The molecule has 0 unspecified atom stereocenters. The first-order valence-electron chi connectivity index (χ1n) is 6.27. The van der Waals surface area contributed by atoms with Gasteiger partial charge in [0, 0.05) is 23.3 Å². The van der Waals surface area contributed by atoms with Gasteiger partial charge in [-0.3, -0.25) is 0 Å². The molecular weight excluding hydrogens is 290 g/mol. The van der Waals surface area contributed by atoms with Gasteiger partial charge in [-0.1, -0.05) is 6.07 Å². The number of rotatable bonds is 4. The highest BCUT2D eigenvalue weighted by molar-refractivity contribution is 9.10. The molecule has 1 saturated carbocycles.